The lowest BCUT2D eigenvalue weighted by Crippen LogP contribution is -2.37. The quantitative estimate of drug-likeness (QED) is 0.692. The van der Waals surface area contributed by atoms with Crippen molar-refractivity contribution in [3.63, 3.8) is 0 Å². The number of rotatable bonds is 6. The number of carbonyl (C=O) groups excluding carboxylic acids is 1. The van der Waals surface area contributed by atoms with Gasteiger partial charge in [-0.15, -0.1) is 0 Å². The van der Waals surface area contributed by atoms with Crippen molar-refractivity contribution in [2.24, 2.45) is 0 Å². The molecule has 0 unspecified atom stereocenters. The Morgan fingerprint density at radius 2 is 1.76 bits per heavy atom. The summed E-state index contributed by atoms with van der Waals surface area (Å²) >= 11 is 0. The SMILES string of the molecule is CC(C)(CNC(=O)c1cccn1Cc1ccccc1)c1ccc2c(c1)OCCO2. The van der Waals surface area contributed by atoms with Crippen LogP contribution < -0.4 is 14.8 Å². The van der Waals surface area contributed by atoms with Gasteiger partial charge in [-0.25, -0.2) is 0 Å². The van der Waals surface area contributed by atoms with Crippen LogP contribution in [0.2, 0.25) is 0 Å². The van der Waals surface area contributed by atoms with Crippen molar-refractivity contribution in [1.82, 2.24) is 9.88 Å². The highest BCUT2D eigenvalue weighted by Gasteiger charge is 2.25. The molecule has 1 N–H and O–H groups in total. The fourth-order valence-corrected chi connectivity index (χ4v) is 3.50. The van der Waals surface area contributed by atoms with Crippen molar-refractivity contribution in [2.75, 3.05) is 19.8 Å². The van der Waals surface area contributed by atoms with E-state index in [0.29, 0.717) is 32.0 Å². The Morgan fingerprint density at radius 3 is 2.55 bits per heavy atom. The molecular weight excluding hydrogens is 364 g/mol. The van der Waals surface area contributed by atoms with Gasteiger partial charge in [-0.05, 0) is 35.4 Å². The van der Waals surface area contributed by atoms with Crippen LogP contribution in [0.15, 0.2) is 66.9 Å². The largest absolute Gasteiger partial charge is 0.486 e. The average Bonchev–Trinajstić information content (AvgIpc) is 3.20. The first-order valence-electron chi connectivity index (χ1n) is 9.90. The summed E-state index contributed by atoms with van der Waals surface area (Å²) in [6, 6.07) is 19.9. The van der Waals surface area contributed by atoms with Gasteiger partial charge in [0, 0.05) is 24.7 Å². The molecule has 5 nitrogen and oxygen atoms in total. The van der Waals surface area contributed by atoms with Gasteiger partial charge in [0.2, 0.25) is 0 Å². The highest BCUT2D eigenvalue weighted by atomic mass is 16.6. The van der Waals surface area contributed by atoms with E-state index >= 15 is 0 Å². The number of nitrogens with one attached hydrogen (secondary N) is 1. The maximum atomic E-state index is 12.9. The van der Waals surface area contributed by atoms with E-state index in [9.17, 15) is 4.79 Å². The van der Waals surface area contributed by atoms with Gasteiger partial charge in [0.05, 0.1) is 0 Å². The molecule has 0 atom stereocenters. The second kappa shape index (κ2) is 8.03. The molecule has 0 bridgehead atoms. The van der Waals surface area contributed by atoms with Crippen molar-refractivity contribution in [2.45, 2.75) is 25.8 Å². The van der Waals surface area contributed by atoms with E-state index in [1.54, 1.807) is 0 Å². The topological polar surface area (TPSA) is 52.5 Å². The number of benzene rings is 2. The minimum Gasteiger partial charge on any atom is -0.486 e. The maximum absolute atomic E-state index is 12.9. The molecule has 2 aromatic carbocycles. The van der Waals surface area contributed by atoms with Gasteiger partial charge in [0.25, 0.3) is 5.91 Å². The van der Waals surface area contributed by atoms with Gasteiger partial charge in [-0.1, -0.05) is 50.2 Å². The summed E-state index contributed by atoms with van der Waals surface area (Å²) < 4.78 is 13.3. The lowest BCUT2D eigenvalue weighted by atomic mass is 9.84. The Morgan fingerprint density at radius 1 is 1.00 bits per heavy atom. The number of hydrogen-bond donors (Lipinski definition) is 1. The third kappa shape index (κ3) is 4.29. The van der Waals surface area contributed by atoms with Crippen LogP contribution in [0, 0.1) is 0 Å². The van der Waals surface area contributed by atoms with Gasteiger partial charge in [0.15, 0.2) is 11.5 Å². The minimum absolute atomic E-state index is 0.0726. The molecule has 0 radical (unpaired) electrons. The highest BCUT2D eigenvalue weighted by Crippen LogP contribution is 2.34. The van der Waals surface area contributed by atoms with Crippen LogP contribution in [0.25, 0.3) is 0 Å². The monoisotopic (exact) mass is 390 g/mol. The summed E-state index contributed by atoms with van der Waals surface area (Å²) in [6.45, 7) is 6.55. The molecule has 2 heterocycles. The molecule has 3 aromatic rings. The smallest absolute Gasteiger partial charge is 0.267 e. The van der Waals surface area contributed by atoms with Gasteiger partial charge in [-0.2, -0.15) is 0 Å². The van der Waals surface area contributed by atoms with Crippen molar-refractivity contribution < 1.29 is 14.3 Å². The van der Waals surface area contributed by atoms with E-state index < -0.39 is 0 Å². The summed E-state index contributed by atoms with van der Waals surface area (Å²) in [5.41, 5.74) is 2.67. The molecule has 0 fully saturated rings. The van der Waals surface area contributed by atoms with E-state index in [2.05, 4.69) is 31.3 Å². The molecule has 29 heavy (non-hydrogen) atoms. The zero-order valence-electron chi connectivity index (χ0n) is 16.9. The number of ether oxygens (including phenoxy) is 2. The summed E-state index contributed by atoms with van der Waals surface area (Å²) in [7, 11) is 0. The van der Waals surface area contributed by atoms with E-state index in [-0.39, 0.29) is 11.3 Å². The van der Waals surface area contributed by atoms with Crippen LogP contribution in [-0.2, 0) is 12.0 Å². The standard InChI is InChI=1S/C24H26N2O3/c1-24(2,19-10-11-21-22(15-19)29-14-13-28-21)17-25-23(27)20-9-6-12-26(20)16-18-7-4-3-5-8-18/h3-12,15H,13-14,16-17H2,1-2H3,(H,25,27). The molecule has 1 aliphatic heterocycles. The van der Waals surface area contributed by atoms with Crippen LogP contribution in [-0.4, -0.2) is 30.2 Å². The number of aromatic nitrogens is 1. The molecule has 1 aliphatic rings. The Bertz CT molecular complexity index is 992. The van der Waals surface area contributed by atoms with Gasteiger partial charge >= 0.3 is 0 Å². The molecule has 0 saturated heterocycles. The zero-order chi connectivity index (χ0) is 20.3. The zero-order valence-corrected chi connectivity index (χ0v) is 16.9. The third-order valence-electron chi connectivity index (χ3n) is 5.27. The molecule has 1 amide bonds. The van der Waals surface area contributed by atoms with Crippen LogP contribution in [0.5, 0.6) is 11.5 Å². The molecule has 150 valence electrons. The second-order valence-electron chi connectivity index (χ2n) is 7.93. The van der Waals surface area contributed by atoms with Crippen molar-refractivity contribution >= 4 is 5.91 Å². The van der Waals surface area contributed by atoms with Gasteiger partial charge < -0.3 is 19.4 Å². The predicted octanol–water partition coefficient (Wildman–Crippen LogP) is 4.02. The first-order chi connectivity index (χ1) is 14.0. The molecule has 1 aromatic heterocycles. The van der Waals surface area contributed by atoms with E-state index in [4.69, 9.17) is 9.47 Å². The van der Waals surface area contributed by atoms with Crippen LogP contribution in [0.1, 0.15) is 35.5 Å². The van der Waals surface area contributed by atoms with Crippen molar-refractivity contribution in [3.05, 3.63) is 83.7 Å². The minimum atomic E-state index is -0.248. The summed E-state index contributed by atoms with van der Waals surface area (Å²) in [5, 5.41) is 3.10. The Labute approximate surface area is 171 Å². The lowest BCUT2D eigenvalue weighted by Gasteiger charge is -2.28. The first kappa shape index (κ1) is 19.1. The Hall–Kier alpha value is -3.21. The fraction of sp³-hybridized carbons (Fsp3) is 0.292. The molecule has 0 aliphatic carbocycles. The average molecular weight is 390 g/mol. The van der Waals surface area contributed by atoms with Crippen LogP contribution in [0.3, 0.4) is 0 Å². The molecular formula is C24H26N2O3. The van der Waals surface area contributed by atoms with E-state index in [1.807, 2.05) is 59.3 Å². The van der Waals surface area contributed by atoms with Crippen molar-refractivity contribution in [1.29, 1.82) is 0 Å². The second-order valence-corrected chi connectivity index (χ2v) is 7.93. The third-order valence-corrected chi connectivity index (χ3v) is 5.27. The maximum Gasteiger partial charge on any atom is 0.267 e. The number of nitrogens with zero attached hydrogens (tertiary/aromatic N) is 1. The molecule has 4 rings (SSSR count). The number of carbonyl (C=O) groups is 1. The van der Waals surface area contributed by atoms with Crippen LogP contribution in [0.4, 0.5) is 0 Å². The number of fused-ring (bicyclic) bond motifs is 1. The molecule has 0 spiro atoms. The summed E-state index contributed by atoms with van der Waals surface area (Å²) in [6.07, 6.45) is 1.94. The summed E-state index contributed by atoms with van der Waals surface area (Å²) in [4.78, 5) is 12.9. The lowest BCUT2D eigenvalue weighted by molar-refractivity contribution is 0.0936. The van der Waals surface area contributed by atoms with E-state index in [1.165, 1.54) is 0 Å². The van der Waals surface area contributed by atoms with Crippen molar-refractivity contribution in [3.8, 4) is 11.5 Å². The predicted molar refractivity (Wildman–Crippen MR) is 113 cm³/mol. The van der Waals surface area contributed by atoms with Gasteiger partial charge in [-0.3, -0.25) is 4.79 Å². The fourth-order valence-electron chi connectivity index (χ4n) is 3.50. The van der Waals surface area contributed by atoms with E-state index in [0.717, 1.165) is 22.6 Å². The highest BCUT2D eigenvalue weighted by molar-refractivity contribution is 5.92. The van der Waals surface area contributed by atoms with Crippen LogP contribution >= 0.6 is 0 Å². The number of amides is 1. The van der Waals surface area contributed by atoms with Gasteiger partial charge in [0.1, 0.15) is 18.9 Å². The Kier molecular flexibility index (Phi) is 5.30. The molecule has 5 heteroatoms. The normalized spacial score (nSPS) is 13.2. The first-order valence-corrected chi connectivity index (χ1v) is 9.90. The summed E-state index contributed by atoms with van der Waals surface area (Å²) in [5.74, 6) is 1.47. The Balaban J connectivity index is 1.44. The number of hydrogen-bond acceptors (Lipinski definition) is 3. The molecule has 0 saturated carbocycles.